The van der Waals surface area contributed by atoms with Crippen LogP contribution >= 0.6 is 8.38 Å². The van der Waals surface area contributed by atoms with Crippen molar-refractivity contribution in [1.29, 1.82) is 0 Å². The molecule has 4 heteroatoms. The zero-order valence-corrected chi connectivity index (χ0v) is 5.72. The van der Waals surface area contributed by atoms with Gasteiger partial charge in [-0.25, -0.2) is 0 Å². The van der Waals surface area contributed by atoms with E-state index in [-0.39, 0.29) is 0 Å². The molecular weight excluding hydrogens is 238 g/mol. The molecule has 0 saturated heterocycles. The van der Waals surface area contributed by atoms with Gasteiger partial charge in [0.2, 0.25) is 0 Å². The molecule has 0 aromatic heterocycles. The third-order valence-electron chi connectivity index (χ3n) is 0.0556. The van der Waals surface area contributed by atoms with E-state index in [9.17, 15) is 0 Å². The number of hydrogen-bond donors (Lipinski definition) is 0. The first-order valence-electron chi connectivity index (χ1n) is 0.736. The fourth-order valence-corrected chi connectivity index (χ4v) is 0. The summed E-state index contributed by atoms with van der Waals surface area (Å²) in [5.41, 5.74) is 0. The Kier molecular flexibility index (Phi) is 5.09. The monoisotopic (exact) mass is 238 g/mol. The van der Waals surface area contributed by atoms with Gasteiger partial charge in [-0.1, -0.05) is 0 Å². The molecule has 0 nitrogen and oxygen atoms in total. The van der Waals surface area contributed by atoms with E-state index in [0.29, 0.717) is 0 Å². The second-order valence-electron chi connectivity index (χ2n) is 0.232. The summed E-state index contributed by atoms with van der Waals surface area (Å²) in [6, 6.07) is 1.58. The molecule has 0 fully saturated rings. The van der Waals surface area contributed by atoms with Gasteiger partial charge in [-0.15, -0.1) is 0 Å². The first-order chi connectivity index (χ1) is 1.91. The molecule has 0 saturated carbocycles. The molecule has 18 valence electrons. The minimum atomic E-state index is 1.44. The number of rotatable bonds is 0. The van der Waals surface area contributed by atoms with Gasteiger partial charge in [0.1, 0.15) is 0 Å². The van der Waals surface area contributed by atoms with Crippen molar-refractivity contribution in [3.63, 3.8) is 0 Å². The Balaban J connectivity index is 3.11. The van der Waals surface area contributed by atoms with Crippen LogP contribution in [0.2, 0.25) is 0 Å². The fraction of sp³-hybridized carbons (Fsp3) is 0. The minimum absolute atomic E-state index is 1.44. The van der Waals surface area contributed by atoms with Gasteiger partial charge in [0.25, 0.3) is 0 Å². The molecule has 0 N–H and O–H groups in total. The second kappa shape index (κ2) is 4.04. The third kappa shape index (κ3) is 3.04. The average Bonchev–Trinajstić information content (AvgIpc) is 1.37. The Morgan fingerprint density at radius 1 is 2.00 bits per heavy atom. The molecule has 0 amide bonds. The summed E-state index contributed by atoms with van der Waals surface area (Å²) in [6.07, 6.45) is 0. The van der Waals surface area contributed by atoms with Gasteiger partial charge in [0, 0.05) is 0 Å². The molecule has 0 aliphatic rings. The van der Waals surface area contributed by atoms with E-state index in [2.05, 4.69) is 0 Å². The van der Waals surface area contributed by atoms with Crippen LogP contribution in [-0.4, -0.2) is 13.8 Å². The topological polar surface area (TPSA) is 0 Å². The first-order valence-corrected chi connectivity index (χ1v) is 5.13. The van der Waals surface area contributed by atoms with Crippen LogP contribution in [0, 0.1) is 0 Å². The van der Waals surface area contributed by atoms with Gasteiger partial charge in [-0.05, 0) is 0 Å². The van der Waals surface area contributed by atoms with Gasteiger partial charge in [0.05, 0.1) is 0 Å². The molecule has 0 unspecified atom stereocenters. The molecule has 0 bridgehead atoms. The van der Waals surface area contributed by atoms with Crippen molar-refractivity contribution >= 4 is 22.2 Å². The van der Waals surface area contributed by atoms with E-state index in [1.807, 2.05) is 0 Å². The first kappa shape index (κ1) is 5.04. The van der Waals surface area contributed by atoms with Crippen LogP contribution in [-0.2, 0) is 18.0 Å². The van der Waals surface area contributed by atoms with Crippen LogP contribution in [0.5, 0.6) is 0 Å². The van der Waals surface area contributed by atoms with E-state index >= 15 is 0 Å². The van der Waals surface area contributed by atoms with Crippen molar-refractivity contribution in [2.45, 2.75) is 0 Å². The Morgan fingerprint density at radius 3 is 2.25 bits per heavy atom. The van der Waals surface area contributed by atoms with Crippen molar-refractivity contribution in [2.75, 3.05) is 0 Å². The van der Waals surface area contributed by atoms with Crippen LogP contribution in [0.3, 0.4) is 0 Å². The Morgan fingerprint density at radius 2 is 2.25 bits per heavy atom. The Bertz CT molecular complexity index is 44.0. The average molecular weight is 238 g/mol. The summed E-state index contributed by atoms with van der Waals surface area (Å²) in [7, 11) is 6.48. The zero-order chi connectivity index (χ0) is 3.41. The Labute approximate surface area is 40.4 Å². The van der Waals surface area contributed by atoms with E-state index in [4.69, 9.17) is 7.74 Å². The van der Waals surface area contributed by atoms with Gasteiger partial charge in [0.15, 0.2) is 0 Å². The van der Waals surface area contributed by atoms with Crippen LogP contribution in [0.25, 0.3) is 0 Å². The molecule has 2 radical (unpaired) electrons. The standard InChI is InChI=1S/B2S.W/c1-2-3;. The molecule has 0 heterocycles. The molecule has 0 aromatic rings. The summed E-state index contributed by atoms with van der Waals surface area (Å²) in [5.74, 6) is 0. The van der Waals surface area contributed by atoms with Crippen molar-refractivity contribution in [1.82, 2.24) is 0 Å². The van der Waals surface area contributed by atoms with E-state index in [0.717, 1.165) is 0 Å². The molecule has 0 spiro atoms. The summed E-state index contributed by atoms with van der Waals surface area (Å²) >= 11 is 1.44. The van der Waals surface area contributed by atoms with Crippen molar-refractivity contribution in [3.8, 4) is 0 Å². The fourth-order valence-electron chi connectivity index (χ4n) is 0. The SMILES string of the molecule is [B]B=[S]=[W]. The molecule has 0 aliphatic heterocycles. The Hall–Kier alpha value is 1.04. The summed E-state index contributed by atoms with van der Waals surface area (Å²) < 4.78 is 0. The summed E-state index contributed by atoms with van der Waals surface area (Å²) in [6.45, 7) is 0. The van der Waals surface area contributed by atoms with Gasteiger partial charge < -0.3 is 0 Å². The molecule has 0 aliphatic carbocycles. The summed E-state index contributed by atoms with van der Waals surface area (Å²) in [4.78, 5) is 0. The van der Waals surface area contributed by atoms with Crippen molar-refractivity contribution < 1.29 is 18.0 Å². The molecule has 4 heavy (non-hydrogen) atoms. The van der Waals surface area contributed by atoms with E-state index in [1.165, 1.54) is 18.0 Å². The van der Waals surface area contributed by atoms with Crippen molar-refractivity contribution in [2.24, 2.45) is 0 Å². The third-order valence-corrected chi connectivity index (χ3v) is 1.36. The van der Waals surface area contributed by atoms with Crippen LogP contribution in [0.1, 0.15) is 0 Å². The normalized spacial score (nSPS) is 4.00. The quantitative estimate of drug-likeness (QED) is 0.516. The van der Waals surface area contributed by atoms with E-state index in [1.54, 1.807) is 14.4 Å². The summed E-state index contributed by atoms with van der Waals surface area (Å²) in [5, 5.41) is 0. The van der Waals surface area contributed by atoms with Gasteiger partial charge >= 0.3 is 40.2 Å². The molecule has 0 rings (SSSR count). The second-order valence-corrected chi connectivity index (χ2v) is 2.77. The number of hydrogen-bond acceptors (Lipinski definition) is 0. The maximum atomic E-state index is 4.89. The molecule has 0 aromatic carbocycles. The van der Waals surface area contributed by atoms with Crippen LogP contribution in [0.4, 0.5) is 0 Å². The maximum absolute atomic E-state index is 4.89. The predicted octanol–water partition coefficient (Wildman–Crippen LogP) is -0.116. The predicted molar refractivity (Wildman–Crippen MR) is 19.1 cm³/mol. The van der Waals surface area contributed by atoms with Gasteiger partial charge in [-0.3, -0.25) is 0 Å². The van der Waals surface area contributed by atoms with Crippen LogP contribution in [0.15, 0.2) is 0 Å². The van der Waals surface area contributed by atoms with Gasteiger partial charge in [-0.2, -0.15) is 0 Å². The molecular formula is B2SW. The zero-order valence-electron chi connectivity index (χ0n) is 1.97. The van der Waals surface area contributed by atoms with Crippen LogP contribution < -0.4 is 0 Å². The van der Waals surface area contributed by atoms with E-state index < -0.39 is 0 Å². The van der Waals surface area contributed by atoms with Crippen molar-refractivity contribution in [3.05, 3.63) is 0 Å². The molecule has 0 atom stereocenters.